The first kappa shape index (κ1) is 31.6. The van der Waals surface area contributed by atoms with Crippen LogP contribution in [0.15, 0.2) is 51.2 Å². The summed E-state index contributed by atoms with van der Waals surface area (Å²) in [4.78, 5) is 24.5. The number of ether oxygens (including phenoxy) is 5. The summed E-state index contributed by atoms with van der Waals surface area (Å²) in [5, 5.41) is 19.9. The van der Waals surface area contributed by atoms with E-state index >= 15 is 0 Å². The Hall–Kier alpha value is -3.97. The Balaban J connectivity index is 1.70. The Morgan fingerprint density at radius 2 is 1.68 bits per heavy atom. The van der Waals surface area contributed by atoms with E-state index in [1.165, 1.54) is 13.3 Å². The Morgan fingerprint density at radius 1 is 1.05 bits per heavy atom. The monoisotopic (exact) mass is 634 g/mol. The van der Waals surface area contributed by atoms with E-state index in [2.05, 4.69) is 37.1 Å². The largest absolute Gasteiger partial charge is 0.490 e. The van der Waals surface area contributed by atoms with E-state index in [-0.39, 0.29) is 12.2 Å². The van der Waals surface area contributed by atoms with Crippen molar-refractivity contribution in [2.24, 2.45) is 5.10 Å². The zero-order valence-electron chi connectivity index (χ0n) is 23.6. The summed E-state index contributed by atoms with van der Waals surface area (Å²) in [6.45, 7) is 8.39. The normalized spacial score (nSPS) is 15.6. The van der Waals surface area contributed by atoms with E-state index in [4.69, 9.17) is 23.7 Å². The number of urea groups is 1. The summed E-state index contributed by atoms with van der Waals surface area (Å²) in [7, 11) is 1.27. The van der Waals surface area contributed by atoms with Gasteiger partial charge in [0.2, 0.25) is 0 Å². The molecule has 13 heteroatoms. The highest BCUT2D eigenvalue weighted by molar-refractivity contribution is 9.10. The van der Waals surface area contributed by atoms with Crippen LogP contribution in [0.1, 0.15) is 44.9 Å². The molecule has 2 aromatic carbocycles. The topological polar surface area (TPSA) is 149 Å². The number of allylic oxidation sites excluding steroid dienone is 1. The first-order valence-corrected chi connectivity index (χ1v) is 13.8. The van der Waals surface area contributed by atoms with Gasteiger partial charge in [0.05, 0.1) is 44.8 Å². The molecule has 1 heterocycles. The minimum absolute atomic E-state index is 0.151. The molecular formula is C28H35BrN4O8. The number of carbonyl (C=O) groups is 2. The maximum atomic E-state index is 12.4. The first-order chi connectivity index (χ1) is 19.7. The average Bonchev–Trinajstić information content (AvgIpc) is 2.94. The molecule has 222 valence electrons. The van der Waals surface area contributed by atoms with E-state index in [1.807, 2.05) is 20.8 Å². The molecule has 0 saturated carbocycles. The van der Waals surface area contributed by atoms with Crippen LogP contribution in [-0.4, -0.2) is 63.1 Å². The molecule has 2 amide bonds. The van der Waals surface area contributed by atoms with E-state index < -0.39 is 24.3 Å². The second kappa shape index (κ2) is 15.1. The number of benzene rings is 2. The number of amides is 2. The maximum absolute atomic E-state index is 12.4. The standard InChI is InChI=1S/C28H35BrN4O8/c1-6-38-21-11-17(26-25(27(35)37-5)16(4)31-28(36)32-26)9-10-20(21)41-15-24(34)33-30-14-18-12-22(39-7-2)23(40-8-3)13-19(18)29/h9-14,24,26,33-34H,6-8,15H2,1-5H3,(H2,31,32,36)/b30-14-/t24-,26-/m1/s1. The zero-order valence-corrected chi connectivity index (χ0v) is 25.2. The molecule has 0 unspecified atom stereocenters. The number of nitrogens with zero attached hydrogens (tertiary/aromatic N) is 1. The highest BCUT2D eigenvalue weighted by Crippen LogP contribution is 2.35. The lowest BCUT2D eigenvalue weighted by Crippen LogP contribution is -2.45. The van der Waals surface area contributed by atoms with Crippen LogP contribution < -0.4 is 35.0 Å². The molecule has 0 aromatic heterocycles. The molecule has 41 heavy (non-hydrogen) atoms. The Labute approximate surface area is 247 Å². The summed E-state index contributed by atoms with van der Waals surface area (Å²) in [5.74, 6) is 1.36. The molecule has 1 aliphatic heterocycles. The number of rotatable bonds is 14. The van der Waals surface area contributed by atoms with E-state index in [0.29, 0.717) is 59.6 Å². The predicted molar refractivity (Wildman–Crippen MR) is 155 cm³/mol. The number of nitrogens with one attached hydrogen (secondary N) is 3. The van der Waals surface area contributed by atoms with Crippen LogP contribution in [0.2, 0.25) is 0 Å². The van der Waals surface area contributed by atoms with Crippen molar-refractivity contribution in [2.75, 3.05) is 33.5 Å². The number of hydrogen-bond acceptors (Lipinski definition) is 10. The van der Waals surface area contributed by atoms with Crippen LogP contribution in [0, 0.1) is 0 Å². The van der Waals surface area contributed by atoms with Crippen molar-refractivity contribution in [2.45, 2.75) is 40.0 Å². The Morgan fingerprint density at radius 3 is 2.32 bits per heavy atom. The van der Waals surface area contributed by atoms with Crippen molar-refractivity contribution in [3.8, 4) is 23.0 Å². The lowest BCUT2D eigenvalue weighted by Gasteiger charge is -2.28. The van der Waals surface area contributed by atoms with Gasteiger partial charge in [0.1, 0.15) is 6.61 Å². The van der Waals surface area contributed by atoms with Crippen molar-refractivity contribution in [1.82, 2.24) is 16.1 Å². The number of carbonyl (C=O) groups excluding carboxylic acids is 2. The number of halogens is 1. The molecule has 0 saturated heterocycles. The summed E-state index contributed by atoms with van der Waals surface area (Å²) in [5.41, 5.74) is 4.59. The van der Waals surface area contributed by atoms with Gasteiger partial charge in [-0.2, -0.15) is 5.10 Å². The minimum Gasteiger partial charge on any atom is -0.490 e. The van der Waals surface area contributed by atoms with Gasteiger partial charge in [0.15, 0.2) is 29.2 Å². The SMILES string of the molecule is CCOc1cc(Br)c(/C=N\N[C@H](O)COc2ccc([C@H]3NC(=O)NC(C)=C3C(=O)OC)cc2OCC)cc1OCC. The van der Waals surface area contributed by atoms with Crippen LogP contribution in [0.25, 0.3) is 0 Å². The molecule has 4 N–H and O–H groups in total. The molecule has 2 atom stereocenters. The number of aliphatic hydroxyl groups is 1. The van der Waals surface area contributed by atoms with Crippen molar-refractivity contribution >= 4 is 34.1 Å². The molecule has 1 aliphatic rings. The van der Waals surface area contributed by atoms with Gasteiger partial charge in [-0.25, -0.2) is 9.59 Å². The second-order valence-electron chi connectivity index (χ2n) is 8.60. The molecule has 2 aromatic rings. The number of methoxy groups -OCH3 is 1. The fourth-order valence-corrected chi connectivity index (χ4v) is 4.43. The van der Waals surface area contributed by atoms with E-state index in [9.17, 15) is 14.7 Å². The number of esters is 1. The van der Waals surface area contributed by atoms with Gasteiger partial charge < -0.3 is 39.4 Å². The third kappa shape index (κ3) is 8.27. The van der Waals surface area contributed by atoms with Gasteiger partial charge >= 0.3 is 12.0 Å². The second-order valence-corrected chi connectivity index (χ2v) is 9.46. The summed E-state index contributed by atoms with van der Waals surface area (Å²) < 4.78 is 28.5. The molecule has 0 spiro atoms. The molecule has 12 nitrogen and oxygen atoms in total. The molecular weight excluding hydrogens is 600 g/mol. The van der Waals surface area contributed by atoms with E-state index in [1.54, 1.807) is 37.3 Å². The molecule has 3 rings (SSSR count). The summed E-state index contributed by atoms with van der Waals surface area (Å²) in [6.07, 6.45) is 0.390. The third-order valence-electron chi connectivity index (χ3n) is 5.76. The Bertz CT molecular complexity index is 1300. The number of hydrazone groups is 1. The summed E-state index contributed by atoms with van der Waals surface area (Å²) in [6, 6.07) is 7.39. The zero-order chi connectivity index (χ0) is 29.9. The average molecular weight is 636 g/mol. The fourth-order valence-electron chi connectivity index (χ4n) is 4.00. The highest BCUT2D eigenvalue weighted by Gasteiger charge is 2.32. The minimum atomic E-state index is -1.14. The van der Waals surface area contributed by atoms with Crippen molar-refractivity contribution in [3.05, 3.63) is 57.2 Å². The molecule has 0 aliphatic carbocycles. The van der Waals surface area contributed by atoms with Gasteiger partial charge in [0.25, 0.3) is 0 Å². The molecule has 0 fully saturated rings. The first-order valence-electron chi connectivity index (χ1n) is 13.0. The fraction of sp³-hybridized carbons (Fsp3) is 0.393. The van der Waals surface area contributed by atoms with Gasteiger partial charge in [-0.1, -0.05) is 6.07 Å². The van der Waals surface area contributed by atoms with Crippen molar-refractivity contribution in [3.63, 3.8) is 0 Å². The van der Waals surface area contributed by atoms with Crippen LogP contribution in [0.3, 0.4) is 0 Å². The van der Waals surface area contributed by atoms with E-state index in [0.717, 1.165) is 4.47 Å². The summed E-state index contributed by atoms with van der Waals surface area (Å²) >= 11 is 3.50. The third-order valence-corrected chi connectivity index (χ3v) is 6.45. The lowest BCUT2D eigenvalue weighted by atomic mass is 9.95. The molecule has 0 radical (unpaired) electrons. The highest BCUT2D eigenvalue weighted by atomic mass is 79.9. The lowest BCUT2D eigenvalue weighted by molar-refractivity contribution is -0.136. The van der Waals surface area contributed by atoms with Crippen LogP contribution in [0.5, 0.6) is 23.0 Å². The smallest absolute Gasteiger partial charge is 0.337 e. The van der Waals surface area contributed by atoms with Gasteiger partial charge in [-0.3, -0.25) is 5.43 Å². The quantitative estimate of drug-likeness (QED) is 0.105. The van der Waals surface area contributed by atoms with Crippen molar-refractivity contribution in [1.29, 1.82) is 0 Å². The van der Waals surface area contributed by atoms with Crippen LogP contribution in [-0.2, 0) is 9.53 Å². The van der Waals surface area contributed by atoms with Crippen LogP contribution in [0.4, 0.5) is 4.79 Å². The van der Waals surface area contributed by atoms with Gasteiger partial charge in [-0.15, -0.1) is 0 Å². The van der Waals surface area contributed by atoms with Crippen molar-refractivity contribution < 1.29 is 38.4 Å². The number of aliphatic hydroxyl groups excluding tert-OH is 1. The van der Waals surface area contributed by atoms with Gasteiger partial charge in [-0.05, 0) is 73.5 Å². The van der Waals surface area contributed by atoms with Gasteiger partial charge in [0, 0.05) is 15.7 Å². The maximum Gasteiger partial charge on any atom is 0.337 e. The van der Waals surface area contributed by atoms with Crippen LogP contribution >= 0.6 is 15.9 Å². The Kier molecular flexibility index (Phi) is 11.7. The molecule has 0 bridgehead atoms. The number of hydrogen-bond donors (Lipinski definition) is 4. The predicted octanol–water partition coefficient (Wildman–Crippen LogP) is 3.77.